The third-order valence-electron chi connectivity index (χ3n) is 4.00. The molecule has 0 spiro atoms. The van der Waals surface area contributed by atoms with Crippen molar-refractivity contribution in [2.45, 2.75) is 25.4 Å². The van der Waals surface area contributed by atoms with Gasteiger partial charge in [0.25, 0.3) is 0 Å². The number of aromatic nitrogens is 1. The first-order valence-corrected chi connectivity index (χ1v) is 7.96. The quantitative estimate of drug-likeness (QED) is 0.883. The van der Waals surface area contributed by atoms with Crippen molar-refractivity contribution >= 4 is 11.6 Å². The van der Waals surface area contributed by atoms with Gasteiger partial charge in [-0.3, -0.25) is 4.79 Å². The van der Waals surface area contributed by atoms with Crippen molar-refractivity contribution in [3.63, 3.8) is 0 Å². The fraction of sp³-hybridized carbons (Fsp3) is 0.333. The number of pyridine rings is 1. The monoisotopic (exact) mass is 327 g/mol. The van der Waals surface area contributed by atoms with Crippen molar-refractivity contribution in [2.24, 2.45) is 0 Å². The Bertz CT molecular complexity index is 703. The molecule has 2 atom stereocenters. The summed E-state index contributed by atoms with van der Waals surface area (Å²) < 4.78 is 10.7. The Morgan fingerprint density at radius 2 is 2.17 bits per heavy atom. The van der Waals surface area contributed by atoms with E-state index in [0.717, 1.165) is 23.4 Å². The van der Waals surface area contributed by atoms with Crippen LogP contribution in [0.15, 0.2) is 42.6 Å². The van der Waals surface area contributed by atoms with Crippen LogP contribution in [0.4, 0.5) is 5.69 Å². The number of benzene rings is 1. The first-order chi connectivity index (χ1) is 11.7. The van der Waals surface area contributed by atoms with Gasteiger partial charge in [-0.2, -0.15) is 0 Å². The summed E-state index contributed by atoms with van der Waals surface area (Å²) in [5.41, 5.74) is 1.79. The fourth-order valence-corrected chi connectivity index (χ4v) is 2.69. The van der Waals surface area contributed by atoms with Crippen molar-refractivity contribution in [3.8, 4) is 11.6 Å². The van der Waals surface area contributed by atoms with Gasteiger partial charge < -0.3 is 20.1 Å². The van der Waals surface area contributed by atoms with Gasteiger partial charge in [0.05, 0.1) is 31.6 Å². The van der Waals surface area contributed by atoms with Gasteiger partial charge in [-0.05, 0) is 19.1 Å². The summed E-state index contributed by atoms with van der Waals surface area (Å²) in [4.78, 5) is 16.6. The van der Waals surface area contributed by atoms with Crippen LogP contribution in [-0.4, -0.2) is 30.6 Å². The normalized spacial score (nSPS) is 17.2. The second-order valence-electron chi connectivity index (χ2n) is 5.69. The Hall–Kier alpha value is -2.76. The molecule has 6 nitrogen and oxygen atoms in total. The lowest BCUT2D eigenvalue weighted by Crippen LogP contribution is -2.41. The average molecular weight is 327 g/mol. The Kier molecular flexibility index (Phi) is 4.84. The summed E-state index contributed by atoms with van der Waals surface area (Å²) in [6, 6.07) is 11.0. The molecule has 2 N–H and O–H groups in total. The van der Waals surface area contributed by atoms with Crippen LogP contribution in [0.25, 0.3) is 0 Å². The largest absolute Gasteiger partial charge is 0.493 e. The number of amides is 1. The van der Waals surface area contributed by atoms with Crippen LogP contribution < -0.4 is 20.1 Å². The van der Waals surface area contributed by atoms with E-state index in [9.17, 15) is 4.79 Å². The number of methoxy groups -OCH3 is 1. The average Bonchev–Trinajstić information content (AvgIpc) is 2.62. The molecule has 1 aliphatic heterocycles. The Morgan fingerprint density at radius 3 is 2.92 bits per heavy atom. The number of anilines is 1. The van der Waals surface area contributed by atoms with E-state index >= 15 is 0 Å². The minimum atomic E-state index is -0.379. The van der Waals surface area contributed by atoms with Gasteiger partial charge in [0.1, 0.15) is 11.8 Å². The van der Waals surface area contributed by atoms with Crippen molar-refractivity contribution < 1.29 is 14.3 Å². The standard InChI is InChI=1S/C18H21N3O3/c1-12(20-13-7-8-17(23-2)19-11-13)18(22)21-15-9-10-24-16-6-4-3-5-14(15)16/h3-8,11-12,15,20H,9-10H2,1-2H3,(H,21,22). The van der Waals surface area contributed by atoms with Crippen molar-refractivity contribution in [3.05, 3.63) is 48.2 Å². The maximum absolute atomic E-state index is 12.5. The third-order valence-corrected chi connectivity index (χ3v) is 4.00. The Morgan fingerprint density at radius 1 is 1.33 bits per heavy atom. The predicted octanol–water partition coefficient (Wildman–Crippen LogP) is 2.53. The number of nitrogens with zero attached hydrogens (tertiary/aromatic N) is 1. The van der Waals surface area contributed by atoms with Gasteiger partial charge in [-0.1, -0.05) is 18.2 Å². The topological polar surface area (TPSA) is 72.5 Å². The van der Waals surface area contributed by atoms with Gasteiger partial charge >= 0.3 is 0 Å². The molecule has 24 heavy (non-hydrogen) atoms. The minimum absolute atomic E-state index is 0.0271. The molecule has 0 radical (unpaired) electrons. The minimum Gasteiger partial charge on any atom is -0.493 e. The van der Waals surface area contributed by atoms with Crippen LogP contribution >= 0.6 is 0 Å². The van der Waals surface area contributed by atoms with Gasteiger partial charge in [0.2, 0.25) is 11.8 Å². The number of para-hydroxylation sites is 1. The highest BCUT2D eigenvalue weighted by molar-refractivity contribution is 5.84. The molecule has 0 saturated heterocycles. The summed E-state index contributed by atoms with van der Waals surface area (Å²) in [6.07, 6.45) is 2.41. The molecule has 0 bridgehead atoms. The second kappa shape index (κ2) is 7.21. The van der Waals surface area contributed by atoms with Gasteiger partial charge in [-0.15, -0.1) is 0 Å². The maximum Gasteiger partial charge on any atom is 0.242 e. The molecular weight excluding hydrogens is 306 g/mol. The lowest BCUT2D eigenvalue weighted by molar-refractivity contribution is -0.122. The van der Waals surface area contributed by atoms with Gasteiger partial charge in [-0.25, -0.2) is 4.98 Å². The number of rotatable bonds is 5. The number of ether oxygens (including phenoxy) is 2. The molecule has 1 aromatic carbocycles. The zero-order valence-electron chi connectivity index (χ0n) is 13.8. The van der Waals surface area contributed by atoms with E-state index < -0.39 is 0 Å². The van der Waals surface area contributed by atoms with Gasteiger partial charge in [0, 0.05) is 18.1 Å². The Balaban J connectivity index is 1.62. The van der Waals surface area contributed by atoms with Crippen LogP contribution in [0.3, 0.4) is 0 Å². The molecular formula is C18H21N3O3. The lowest BCUT2D eigenvalue weighted by Gasteiger charge is -2.28. The molecule has 1 aliphatic rings. The molecule has 0 saturated carbocycles. The van der Waals surface area contributed by atoms with E-state index in [1.165, 1.54) is 0 Å². The smallest absolute Gasteiger partial charge is 0.242 e. The van der Waals surface area contributed by atoms with Crippen LogP contribution in [0.2, 0.25) is 0 Å². The molecule has 2 unspecified atom stereocenters. The third kappa shape index (κ3) is 3.59. The molecule has 2 heterocycles. The highest BCUT2D eigenvalue weighted by Crippen LogP contribution is 2.31. The highest BCUT2D eigenvalue weighted by atomic mass is 16.5. The molecule has 126 valence electrons. The molecule has 1 amide bonds. The number of nitrogens with one attached hydrogen (secondary N) is 2. The Labute approximate surface area is 141 Å². The van der Waals surface area contributed by atoms with Crippen LogP contribution in [0.5, 0.6) is 11.6 Å². The summed E-state index contributed by atoms with van der Waals surface area (Å²) in [6.45, 7) is 2.43. The van der Waals surface area contributed by atoms with Crippen LogP contribution in [0, 0.1) is 0 Å². The first-order valence-electron chi connectivity index (χ1n) is 7.96. The molecule has 0 fully saturated rings. The number of carbonyl (C=O) groups is 1. The van der Waals surface area contributed by atoms with Crippen molar-refractivity contribution in [1.29, 1.82) is 0 Å². The predicted molar refractivity (Wildman–Crippen MR) is 91.3 cm³/mol. The van der Waals surface area contributed by atoms with Crippen LogP contribution in [0.1, 0.15) is 24.9 Å². The highest BCUT2D eigenvalue weighted by Gasteiger charge is 2.24. The summed E-state index contributed by atoms with van der Waals surface area (Å²) in [7, 11) is 1.57. The molecule has 3 rings (SSSR count). The van der Waals surface area contributed by atoms with E-state index in [-0.39, 0.29) is 18.0 Å². The lowest BCUT2D eigenvalue weighted by atomic mass is 10.0. The fourth-order valence-electron chi connectivity index (χ4n) is 2.69. The zero-order chi connectivity index (χ0) is 16.9. The molecule has 6 heteroatoms. The van der Waals surface area contributed by atoms with E-state index in [1.807, 2.05) is 37.3 Å². The molecule has 1 aromatic heterocycles. The number of fused-ring (bicyclic) bond motifs is 1. The summed E-state index contributed by atoms with van der Waals surface area (Å²) in [5.74, 6) is 1.32. The van der Waals surface area contributed by atoms with Crippen molar-refractivity contribution in [2.75, 3.05) is 19.0 Å². The van der Waals surface area contributed by atoms with E-state index in [4.69, 9.17) is 9.47 Å². The van der Waals surface area contributed by atoms with E-state index in [0.29, 0.717) is 12.5 Å². The molecule has 0 aliphatic carbocycles. The number of carbonyl (C=O) groups excluding carboxylic acids is 1. The number of hydrogen-bond acceptors (Lipinski definition) is 5. The summed E-state index contributed by atoms with van der Waals surface area (Å²) >= 11 is 0. The first kappa shape index (κ1) is 16.1. The SMILES string of the molecule is COc1ccc(NC(C)C(=O)NC2CCOc3ccccc32)cn1. The van der Waals surface area contributed by atoms with Crippen molar-refractivity contribution in [1.82, 2.24) is 10.3 Å². The van der Waals surface area contributed by atoms with E-state index in [2.05, 4.69) is 15.6 Å². The summed E-state index contributed by atoms with van der Waals surface area (Å²) in [5, 5.41) is 6.24. The second-order valence-corrected chi connectivity index (χ2v) is 5.69. The molecule has 2 aromatic rings. The van der Waals surface area contributed by atoms with Gasteiger partial charge in [0.15, 0.2) is 0 Å². The number of hydrogen-bond donors (Lipinski definition) is 2. The zero-order valence-corrected chi connectivity index (χ0v) is 13.8. The maximum atomic E-state index is 12.5. The van der Waals surface area contributed by atoms with Crippen LogP contribution in [-0.2, 0) is 4.79 Å². The van der Waals surface area contributed by atoms with E-state index in [1.54, 1.807) is 19.4 Å².